The first-order chi connectivity index (χ1) is 12.0. The zero-order valence-corrected chi connectivity index (χ0v) is 14.9. The van der Waals surface area contributed by atoms with Crippen LogP contribution in [0.5, 0.6) is 17.4 Å². The van der Waals surface area contributed by atoms with E-state index >= 15 is 0 Å². The first-order valence-electron chi connectivity index (χ1n) is 7.03. The summed E-state index contributed by atoms with van der Waals surface area (Å²) in [4.78, 5) is 3.77. The van der Waals surface area contributed by atoms with Crippen molar-refractivity contribution in [3.05, 3.63) is 76.9 Å². The van der Waals surface area contributed by atoms with Crippen LogP contribution in [0.2, 0.25) is 10.0 Å². The monoisotopic (exact) mass is 395 g/mol. The summed E-state index contributed by atoms with van der Waals surface area (Å²) in [6.45, 7) is 0. The zero-order valence-electron chi connectivity index (χ0n) is 12.6. The van der Waals surface area contributed by atoms with Gasteiger partial charge in [-0.2, -0.15) is 8.42 Å². The summed E-state index contributed by atoms with van der Waals surface area (Å²) in [5.41, 5.74) is 0. The lowest BCUT2D eigenvalue weighted by atomic mass is 10.3. The highest BCUT2D eigenvalue weighted by atomic mass is 35.5. The van der Waals surface area contributed by atoms with Gasteiger partial charge >= 0.3 is 10.1 Å². The highest BCUT2D eigenvalue weighted by molar-refractivity contribution is 7.87. The Bertz CT molecular complexity index is 957. The molecule has 0 aliphatic heterocycles. The lowest BCUT2D eigenvalue weighted by molar-refractivity contribution is 0.459. The van der Waals surface area contributed by atoms with E-state index in [9.17, 15) is 8.42 Å². The van der Waals surface area contributed by atoms with Crippen LogP contribution in [-0.2, 0) is 10.1 Å². The first kappa shape index (κ1) is 17.5. The van der Waals surface area contributed by atoms with Crippen molar-refractivity contribution in [3.8, 4) is 17.4 Å². The van der Waals surface area contributed by atoms with E-state index in [4.69, 9.17) is 32.1 Å². The third kappa shape index (κ3) is 4.22. The topological polar surface area (TPSA) is 65.5 Å². The molecule has 1 heterocycles. The minimum Gasteiger partial charge on any atom is -0.439 e. The van der Waals surface area contributed by atoms with Crippen molar-refractivity contribution in [2.24, 2.45) is 0 Å². The number of nitrogens with zero attached hydrogens (tertiary/aromatic N) is 1. The molecule has 0 radical (unpaired) electrons. The van der Waals surface area contributed by atoms with E-state index in [0.717, 1.165) is 0 Å². The minimum atomic E-state index is -4.16. The molecule has 0 saturated carbocycles. The van der Waals surface area contributed by atoms with Crippen molar-refractivity contribution in [3.63, 3.8) is 0 Å². The van der Waals surface area contributed by atoms with Gasteiger partial charge in [0.1, 0.15) is 16.4 Å². The van der Waals surface area contributed by atoms with Gasteiger partial charge in [-0.1, -0.05) is 35.3 Å². The molecule has 0 saturated heterocycles. The molecule has 0 fully saturated rings. The van der Waals surface area contributed by atoms with Crippen molar-refractivity contribution in [1.29, 1.82) is 0 Å². The number of hydrogen-bond acceptors (Lipinski definition) is 5. The van der Waals surface area contributed by atoms with Crippen LogP contribution in [0.25, 0.3) is 0 Å². The number of aromatic nitrogens is 1. The van der Waals surface area contributed by atoms with Gasteiger partial charge in [0.15, 0.2) is 0 Å². The maximum atomic E-state index is 12.4. The number of pyridine rings is 1. The number of rotatable bonds is 5. The molecule has 3 aromatic rings. The molecule has 0 amide bonds. The molecule has 0 aliphatic carbocycles. The molecule has 8 heteroatoms. The Labute approximate surface area is 154 Å². The second-order valence-corrected chi connectivity index (χ2v) is 7.13. The number of hydrogen-bond donors (Lipinski definition) is 0. The molecular formula is C17H11Cl2NO4S. The van der Waals surface area contributed by atoms with Crippen LogP contribution in [0.15, 0.2) is 71.8 Å². The van der Waals surface area contributed by atoms with E-state index in [2.05, 4.69) is 4.98 Å². The Morgan fingerprint density at radius 3 is 2.04 bits per heavy atom. The van der Waals surface area contributed by atoms with Gasteiger partial charge in [0.2, 0.25) is 5.88 Å². The smallest absolute Gasteiger partial charge is 0.342 e. The predicted molar refractivity (Wildman–Crippen MR) is 95.0 cm³/mol. The van der Waals surface area contributed by atoms with Crippen LogP contribution >= 0.6 is 23.2 Å². The summed E-state index contributed by atoms with van der Waals surface area (Å²) < 4.78 is 35.4. The lowest BCUT2D eigenvalue weighted by Crippen LogP contribution is -2.11. The largest absolute Gasteiger partial charge is 0.439 e. The van der Waals surface area contributed by atoms with E-state index in [1.165, 1.54) is 24.3 Å². The third-order valence-electron chi connectivity index (χ3n) is 3.06. The Morgan fingerprint density at radius 1 is 0.800 bits per heavy atom. The second kappa shape index (κ2) is 7.31. The molecule has 3 rings (SSSR count). The average Bonchev–Trinajstić information content (AvgIpc) is 2.57. The molecule has 0 bridgehead atoms. The molecule has 5 nitrogen and oxygen atoms in total. The van der Waals surface area contributed by atoms with Crippen molar-refractivity contribution < 1.29 is 17.3 Å². The Kier molecular flexibility index (Phi) is 5.13. The Morgan fingerprint density at radius 2 is 1.44 bits per heavy atom. The molecule has 0 spiro atoms. The van der Waals surface area contributed by atoms with Crippen LogP contribution in [-0.4, -0.2) is 13.4 Å². The fraction of sp³-hybridized carbons (Fsp3) is 0. The molecule has 0 atom stereocenters. The Hall–Kier alpha value is -2.28. The van der Waals surface area contributed by atoms with Crippen LogP contribution < -0.4 is 8.92 Å². The van der Waals surface area contributed by atoms with Crippen LogP contribution in [0.1, 0.15) is 0 Å². The lowest BCUT2D eigenvalue weighted by Gasteiger charge is -2.10. The molecule has 128 valence electrons. The van der Waals surface area contributed by atoms with Gasteiger partial charge < -0.3 is 8.92 Å². The SMILES string of the molecule is O=S(=O)(Oc1ccc(Oc2ccccn2)cc1)c1c(Cl)cccc1Cl. The van der Waals surface area contributed by atoms with Crippen LogP contribution in [0, 0.1) is 0 Å². The molecule has 2 aromatic carbocycles. The molecule has 0 aliphatic rings. The zero-order chi connectivity index (χ0) is 17.9. The van der Waals surface area contributed by atoms with Gasteiger partial charge in [-0.25, -0.2) is 4.98 Å². The summed E-state index contributed by atoms with van der Waals surface area (Å²) in [6, 6.07) is 15.7. The van der Waals surface area contributed by atoms with Crippen molar-refractivity contribution >= 4 is 33.3 Å². The number of ether oxygens (including phenoxy) is 1. The summed E-state index contributed by atoms with van der Waals surface area (Å²) in [5, 5.41) is -0.0230. The third-order valence-corrected chi connectivity index (χ3v) is 5.26. The highest BCUT2D eigenvalue weighted by Gasteiger charge is 2.23. The van der Waals surface area contributed by atoms with Gasteiger partial charge in [-0.15, -0.1) is 0 Å². The van der Waals surface area contributed by atoms with E-state index < -0.39 is 10.1 Å². The fourth-order valence-corrected chi connectivity index (χ4v) is 4.01. The normalized spacial score (nSPS) is 11.1. The molecule has 1 aromatic heterocycles. The number of halogens is 2. The highest BCUT2D eigenvalue weighted by Crippen LogP contribution is 2.32. The molecule has 25 heavy (non-hydrogen) atoms. The average molecular weight is 396 g/mol. The van der Waals surface area contributed by atoms with E-state index in [1.807, 2.05) is 0 Å². The predicted octanol–water partition coefficient (Wildman–Crippen LogP) is 4.95. The minimum absolute atomic E-state index is 0.0115. The van der Waals surface area contributed by atoms with Crippen molar-refractivity contribution in [1.82, 2.24) is 4.98 Å². The maximum Gasteiger partial charge on any atom is 0.342 e. The first-order valence-corrected chi connectivity index (χ1v) is 9.19. The molecule has 0 N–H and O–H groups in total. The van der Waals surface area contributed by atoms with Gasteiger partial charge in [-0.05, 0) is 42.5 Å². The Balaban J connectivity index is 1.79. The van der Waals surface area contributed by atoms with Crippen molar-refractivity contribution in [2.45, 2.75) is 4.90 Å². The number of benzene rings is 2. The van der Waals surface area contributed by atoms with Crippen molar-refractivity contribution in [2.75, 3.05) is 0 Å². The summed E-state index contributed by atoms with van der Waals surface area (Å²) >= 11 is 11.9. The van der Waals surface area contributed by atoms with Crippen LogP contribution in [0.4, 0.5) is 0 Å². The maximum absolute atomic E-state index is 12.4. The van der Waals surface area contributed by atoms with E-state index in [-0.39, 0.29) is 20.7 Å². The van der Waals surface area contributed by atoms with E-state index in [1.54, 1.807) is 42.6 Å². The van der Waals surface area contributed by atoms with Gasteiger partial charge in [0.05, 0.1) is 10.0 Å². The standard InChI is InChI=1S/C17H11Cl2NO4S/c18-14-4-3-5-15(19)17(14)25(21,22)24-13-9-7-12(8-10-13)23-16-6-1-2-11-20-16/h1-11H. The molecule has 0 unspecified atom stereocenters. The molecular weight excluding hydrogens is 385 g/mol. The summed E-state index contributed by atoms with van der Waals surface area (Å²) in [7, 11) is -4.16. The van der Waals surface area contributed by atoms with Gasteiger partial charge in [-0.3, -0.25) is 0 Å². The fourth-order valence-electron chi connectivity index (χ4n) is 1.98. The van der Waals surface area contributed by atoms with Gasteiger partial charge in [0.25, 0.3) is 0 Å². The second-order valence-electron chi connectivity index (χ2n) is 4.83. The summed E-state index contributed by atoms with van der Waals surface area (Å²) in [6.07, 6.45) is 1.60. The summed E-state index contributed by atoms with van der Waals surface area (Å²) in [5.74, 6) is 1.01. The van der Waals surface area contributed by atoms with Crippen LogP contribution in [0.3, 0.4) is 0 Å². The van der Waals surface area contributed by atoms with Gasteiger partial charge in [0, 0.05) is 12.3 Å². The quantitative estimate of drug-likeness (QED) is 0.571. The van der Waals surface area contributed by atoms with E-state index in [0.29, 0.717) is 11.6 Å².